The molecule has 1 saturated carbocycles. The van der Waals surface area contributed by atoms with Crippen LogP contribution in [0.1, 0.15) is 17.8 Å². The predicted octanol–water partition coefficient (Wildman–Crippen LogP) is -0.273. The Hall–Kier alpha value is -0.530. The fraction of sp³-hybridized carbons (Fsp3) is 0.727. The van der Waals surface area contributed by atoms with Crippen molar-refractivity contribution in [3.8, 4) is 0 Å². The van der Waals surface area contributed by atoms with E-state index >= 15 is 0 Å². The summed E-state index contributed by atoms with van der Waals surface area (Å²) in [5, 5.41) is 34.7. The van der Waals surface area contributed by atoms with Crippen LogP contribution in [-0.2, 0) is 6.54 Å². The summed E-state index contributed by atoms with van der Waals surface area (Å²) in [4.78, 5) is 4.15. The summed E-state index contributed by atoms with van der Waals surface area (Å²) in [5.74, 6) is 0. The zero-order valence-electron chi connectivity index (χ0n) is 9.54. The summed E-state index contributed by atoms with van der Waals surface area (Å²) in [7, 11) is 0. The van der Waals surface area contributed by atoms with Crippen molar-refractivity contribution >= 4 is 11.3 Å². The lowest BCUT2D eigenvalue weighted by Gasteiger charge is -2.26. The Kier molecular flexibility index (Phi) is 4.11. The third kappa shape index (κ3) is 3.02. The average molecular weight is 258 g/mol. The highest BCUT2D eigenvalue weighted by atomic mass is 32.1. The van der Waals surface area contributed by atoms with Crippen LogP contribution in [0.3, 0.4) is 0 Å². The van der Waals surface area contributed by atoms with E-state index in [9.17, 15) is 15.3 Å². The van der Waals surface area contributed by atoms with Gasteiger partial charge in [-0.25, -0.2) is 4.98 Å². The molecule has 1 heterocycles. The summed E-state index contributed by atoms with van der Waals surface area (Å²) in [6.45, 7) is 1.22. The first-order chi connectivity index (χ1) is 8.15. The summed E-state index contributed by atoms with van der Waals surface area (Å²) < 4.78 is 0. The quantitative estimate of drug-likeness (QED) is 0.584. The molecule has 0 radical (unpaired) electrons. The molecule has 0 bridgehead atoms. The number of nitrogens with one attached hydrogen (secondary N) is 1. The van der Waals surface area contributed by atoms with Gasteiger partial charge < -0.3 is 20.6 Å². The van der Waals surface area contributed by atoms with E-state index in [0.717, 1.165) is 5.01 Å². The van der Waals surface area contributed by atoms with Crippen LogP contribution in [0.15, 0.2) is 11.6 Å². The van der Waals surface area contributed by atoms with Crippen molar-refractivity contribution in [3.05, 3.63) is 16.6 Å². The van der Waals surface area contributed by atoms with Crippen LogP contribution in [0.4, 0.5) is 0 Å². The molecule has 1 fully saturated rings. The smallest absolute Gasteiger partial charge is 0.106 e. The fourth-order valence-electron chi connectivity index (χ4n) is 2.35. The summed E-state index contributed by atoms with van der Waals surface area (Å²) in [5.41, 5.74) is -0.407. The van der Waals surface area contributed by atoms with Gasteiger partial charge in [-0.3, -0.25) is 0 Å². The molecule has 0 amide bonds. The van der Waals surface area contributed by atoms with Crippen molar-refractivity contribution in [1.29, 1.82) is 0 Å². The first-order valence-corrected chi connectivity index (χ1v) is 6.59. The van der Waals surface area contributed by atoms with Gasteiger partial charge in [-0.15, -0.1) is 11.3 Å². The molecule has 0 spiro atoms. The molecule has 6 heteroatoms. The molecule has 17 heavy (non-hydrogen) atoms. The summed E-state index contributed by atoms with van der Waals surface area (Å²) >= 11 is 1.58. The first kappa shape index (κ1) is 12.9. The third-order valence-corrected chi connectivity index (χ3v) is 4.10. The summed E-state index contributed by atoms with van der Waals surface area (Å²) in [6, 6.07) is 0. The largest absolute Gasteiger partial charge is 0.396 e. The Morgan fingerprint density at radius 2 is 2.12 bits per heavy atom. The minimum absolute atomic E-state index is 0.0218. The van der Waals surface area contributed by atoms with Gasteiger partial charge in [0.2, 0.25) is 0 Å². The standard InChI is InChI=1S/C11H18N2O3S/c14-7-11(3-8(15)9(16)4-11)6-12-5-10-13-1-2-17-10/h1-2,8-9,12,14-16H,3-7H2/t8-,9+,11?. The van der Waals surface area contributed by atoms with Crippen molar-refractivity contribution in [2.24, 2.45) is 5.41 Å². The SMILES string of the molecule is OCC1(CNCc2nccs2)C[C@@H](O)[C@@H](O)C1. The molecule has 1 aliphatic rings. The van der Waals surface area contributed by atoms with Crippen molar-refractivity contribution in [3.63, 3.8) is 0 Å². The van der Waals surface area contributed by atoms with Gasteiger partial charge in [-0.05, 0) is 12.8 Å². The van der Waals surface area contributed by atoms with Gasteiger partial charge in [0.25, 0.3) is 0 Å². The second-order valence-corrected chi connectivity index (χ2v) is 5.71. The molecule has 5 nitrogen and oxygen atoms in total. The van der Waals surface area contributed by atoms with Crippen molar-refractivity contribution in [2.45, 2.75) is 31.6 Å². The Morgan fingerprint density at radius 1 is 1.41 bits per heavy atom. The Morgan fingerprint density at radius 3 is 2.65 bits per heavy atom. The number of hydrogen-bond acceptors (Lipinski definition) is 6. The van der Waals surface area contributed by atoms with Crippen LogP contribution in [0.25, 0.3) is 0 Å². The highest BCUT2D eigenvalue weighted by Crippen LogP contribution is 2.37. The van der Waals surface area contributed by atoms with E-state index in [4.69, 9.17) is 0 Å². The minimum atomic E-state index is -0.719. The molecule has 1 aromatic heterocycles. The Labute approximate surface area is 104 Å². The van der Waals surface area contributed by atoms with Gasteiger partial charge in [0, 0.05) is 30.1 Å². The lowest BCUT2D eigenvalue weighted by Crippen LogP contribution is -2.35. The molecule has 1 aliphatic carbocycles. The number of aliphatic hydroxyl groups excluding tert-OH is 3. The second-order valence-electron chi connectivity index (χ2n) is 4.73. The van der Waals surface area contributed by atoms with E-state index in [2.05, 4.69) is 10.3 Å². The normalized spacial score (nSPS) is 33.1. The number of aliphatic hydroxyl groups is 3. The zero-order chi connectivity index (χ0) is 12.3. The topological polar surface area (TPSA) is 85.6 Å². The van der Waals surface area contributed by atoms with Crippen molar-refractivity contribution in [2.75, 3.05) is 13.2 Å². The van der Waals surface area contributed by atoms with Gasteiger partial charge >= 0.3 is 0 Å². The lowest BCUT2D eigenvalue weighted by atomic mass is 9.87. The molecule has 1 aromatic rings. The van der Waals surface area contributed by atoms with Crippen molar-refractivity contribution < 1.29 is 15.3 Å². The van der Waals surface area contributed by atoms with Crippen LogP contribution < -0.4 is 5.32 Å². The van der Waals surface area contributed by atoms with E-state index in [-0.39, 0.29) is 6.61 Å². The molecule has 1 unspecified atom stereocenters. The first-order valence-electron chi connectivity index (χ1n) is 5.71. The minimum Gasteiger partial charge on any atom is -0.396 e. The molecule has 3 atom stereocenters. The van der Waals surface area contributed by atoms with Gasteiger partial charge in [0.05, 0.1) is 18.8 Å². The van der Waals surface area contributed by atoms with E-state index in [0.29, 0.717) is 25.9 Å². The van der Waals surface area contributed by atoms with Gasteiger partial charge in [0.1, 0.15) is 5.01 Å². The van der Waals surface area contributed by atoms with Crippen LogP contribution in [-0.4, -0.2) is 45.7 Å². The molecular formula is C11H18N2O3S. The summed E-state index contributed by atoms with van der Waals surface area (Å²) in [6.07, 6.45) is 1.20. The lowest BCUT2D eigenvalue weighted by molar-refractivity contribution is 0.0438. The number of nitrogens with zero attached hydrogens (tertiary/aromatic N) is 1. The monoisotopic (exact) mass is 258 g/mol. The van der Waals surface area contributed by atoms with Crippen LogP contribution >= 0.6 is 11.3 Å². The van der Waals surface area contributed by atoms with Gasteiger partial charge in [-0.2, -0.15) is 0 Å². The van der Waals surface area contributed by atoms with E-state index < -0.39 is 17.6 Å². The number of thiazole rings is 1. The highest BCUT2D eigenvalue weighted by molar-refractivity contribution is 7.09. The third-order valence-electron chi connectivity index (χ3n) is 3.32. The maximum atomic E-state index is 9.55. The van der Waals surface area contributed by atoms with Gasteiger partial charge in [0.15, 0.2) is 0 Å². The van der Waals surface area contributed by atoms with Crippen LogP contribution in [0.2, 0.25) is 0 Å². The zero-order valence-corrected chi connectivity index (χ0v) is 10.4. The van der Waals surface area contributed by atoms with E-state index in [1.807, 2.05) is 5.38 Å². The van der Waals surface area contributed by atoms with Crippen LogP contribution in [0, 0.1) is 5.41 Å². The van der Waals surface area contributed by atoms with Gasteiger partial charge in [-0.1, -0.05) is 0 Å². The van der Waals surface area contributed by atoms with E-state index in [1.165, 1.54) is 0 Å². The average Bonchev–Trinajstić information content (AvgIpc) is 2.89. The molecule has 0 aliphatic heterocycles. The highest BCUT2D eigenvalue weighted by Gasteiger charge is 2.43. The fourth-order valence-corrected chi connectivity index (χ4v) is 2.93. The molecule has 4 N–H and O–H groups in total. The number of rotatable bonds is 5. The molecule has 0 saturated heterocycles. The number of aromatic nitrogens is 1. The van der Waals surface area contributed by atoms with Crippen LogP contribution in [0.5, 0.6) is 0 Å². The second kappa shape index (κ2) is 5.41. The Balaban J connectivity index is 1.84. The molecule has 96 valence electrons. The predicted molar refractivity (Wildman–Crippen MR) is 64.6 cm³/mol. The maximum absolute atomic E-state index is 9.55. The van der Waals surface area contributed by atoms with E-state index in [1.54, 1.807) is 17.5 Å². The van der Waals surface area contributed by atoms with Crippen molar-refractivity contribution in [1.82, 2.24) is 10.3 Å². The molecular weight excluding hydrogens is 240 g/mol. The molecule has 2 rings (SSSR count). The molecule has 0 aromatic carbocycles. The maximum Gasteiger partial charge on any atom is 0.106 e. The Bertz CT molecular complexity index is 334. The number of hydrogen-bond donors (Lipinski definition) is 4.